The van der Waals surface area contributed by atoms with Crippen LogP contribution in [-0.2, 0) is 4.74 Å². The molecule has 1 rings (SSSR count). The average molecular weight is 502 g/mol. The molecule has 1 saturated heterocycles. The molecule has 0 atom stereocenters. The average Bonchev–Trinajstić information content (AvgIpc) is 2.59. The lowest BCUT2D eigenvalue weighted by molar-refractivity contribution is -0.917. The number of nitrogens with one attached hydrogen (secondary N) is 1. The molecule has 1 aliphatic heterocycles. The topological polar surface area (TPSA) is 21.3 Å². The van der Waals surface area contributed by atoms with Crippen LogP contribution < -0.4 is 22.3 Å². The smallest absolute Gasteiger partial charge is 0.114 e. The van der Waals surface area contributed by atoms with Gasteiger partial charge in [0, 0.05) is 23.9 Å². The Balaban J connectivity index is 0.00000900. The van der Waals surface area contributed by atoms with E-state index < -0.39 is 0 Å². The van der Waals surface area contributed by atoms with Crippen molar-refractivity contribution in [2.75, 3.05) is 27.2 Å². The van der Waals surface area contributed by atoms with Crippen molar-refractivity contribution in [1.82, 2.24) is 5.32 Å². The van der Waals surface area contributed by atoms with Crippen molar-refractivity contribution in [3.63, 3.8) is 0 Å². The van der Waals surface area contributed by atoms with Gasteiger partial charge in [0.1, 0.15) is 5.76 Å². The molecular formula is C27H53BrN2O. The lowest BCUT2D eigenvalue weighted by Gasteiger charge is -2.51. The van der Waals surface area contributed by atoms with E-state index in [1.54, 1.807) is 0 Å². The third kappa shape index (κ3) is 13.1. The molecule has 1 heterocycles. The number of ether oxygens (including phenoxy) is 1. The summed E-state index contributed by atoms with van der Waals surface area (Å²) >= 11 is 0. The molecule has 1 fully saturated rings. The van der Waals surface area contributed by atoms with Gasteiger partial charge in [-0.1, -0.05) is 51.7 Å². The van der Waals surface area contributed by atoms with E-state index in [4.69, 9.17) is 4.74 Å². The third-order valence-corrected chi connectivity index (χ3v) is 6.79. The van der Waals surface area contributed by atoms with Crippen molar-refractivity contribution in [3.05, 3.63) is 24.5 Å². The summed E-state index contributed by atoms with van der Waals surface area (Å²) in [6, 6.07) is 0.757. The zero-order valence-electron chi connectivity index (χ0n) is 21.9. The molecule has 4 heteroatoms. The predicted molar refractivity (Wildman–Crippen MR) is 133 cm³/mol. The molecule has 0 aromatic rings. The fourth-order valence-electron chi connectivity index (χ4n) is 5.12. The molecule has 0 aromatic heterocycles. The second-order valence-corrected chi connectivity index (χ2v) is 11.7. The number of allylic oxidation sites excluding steroid dienone is 1. The molecule has 0 radical (unpaired) electrons. The first-order valence-electron chi connectivity index (χ1n) is 12.4. The number of hydrogen-bond acceptors (Lipinski definition) is 2. The van der Waals surface area contributed by atoms with Crippen molar-refractivity contribution in [3.8, 4) is 0 Å². The van der Waals surface area contributed by atoms with Gasteiger partial charge in [-0.05, 0) is 59.5 Å². The van der Waals surface area contributed by atoms with Gasteiger partial charge in [0.25, 0.3) is 0 Å². The Bertz CT molecular complexity index is 523. The Hall–Kier alpha value is -0.320. The first-order chi connectivity index (χ1) is 13.8. The quantitative estimate of drug-likeness (QED) is 0.159. The molecule has 0 amide bonds. The lowest BCUT2D eigenvalue weighted by atomic mass is 9.78. The van der Waals surface area contributed by atoms with Gasteiger partial charge in [0.05, 0.1) is 33.3 Å². The van der Waals surface area contributed by atoms with Gasteiger partial charge >= 0.3 is 0 Å². The maximum absolute atomic E-state index is 5.57. The largest absolute Gasteiger partial charge is 1.00 e. The number of nitrogens with zero attached hydrogens (tertiary/aromatic N) is 1. The van der Waals surface area contributed by atoms with Gasteiger partial charge in [0.15, 0.2) is 0 Å². The SMILES string of the molecule is C=C(C)C(=C)OCCCCCCCCCCC[N+](C)(C)C1CC(C)(C)NC(C)(C)C1.[Br-]. The summed E-state index contributed by atoms with van der Waals surface area (Å²) in [5, 5.41) is 3.83. The Morgan fingerprint density at radius 2 is 1.26 bits per heavy atom. The van der Waals surface area contributed by atoms with Gasteiger partial charge in [-0.15, -0.1) is 0 Å². The fourth-order valence-corrected chi connectivity index (χ4v) is 5.12. The summed E-state index contributed by atoms with van der Waals surface area (Å²) in [4.78, 5) is 0. The molecule has 3 nitrogen and oxygen atoms in total. The van der Waals surface area contributed by atoms with Gasteiger partial charge in [-0.3, -0.25) is 0 Å². The van der Waals surface area contributed by atoms with E-state index in [1.165, 1.54) is 75.2 Å². The zero-order valence-corrected chi connectivity index (χ0v) is 23.5. The maximum atomic E-state index is 5.57. The monoisotopic (exact) mass is 500 g/mol. The van der Waals surface area contributed by atoms with Crippen LogP contribution in [0.1, 0.15) is 105 Å². The first-order valence-corrected chi connectivity index (χ1v) is 12.4. The van der Waals surface area contributed by atoms with E-state index in [-0.39, 0.29) is 28.1 Å². The fraction of sp³-hybridized carbons (Fsp3) is 0.852. The third-order valence-electron chi connectivity index (χ3n) is 6.79. The minimum atomic E-state index is 0. The molecule has 31 heavy (non-hydrogen) atoms. The number of unbranched alkanes of at least 4 members (excludes halogenated alkanes) is 8. The lowest BCUT2D eigenvalue weighted by Crippen LogP contribution is -3.00. The Morgan fingerprint density at radius 1 is 0.839 bits per heavy atom. The number of halogens is 1. The van der Waals surface area contributed by atoms with Gasteiger partial charge in [-0.25, -0.2) is 0 Å². The number of quaternary nitrogens is 1. The summed E-state index contributed by atoms with van der Waals surface area (Å²) in [5.74, 6) is 0.740. The van der Waals surface area contributed by atoms with E-state index >= 15 is 0 Å². The van der Waals surface area contributed by atoms with Crippen LogP contribution in [0.2, 0.25) is 0 Å². The molecule has 0 aromatic carbocycles. The Labute approximate surface area is 205 Å². The Morgan fingerprint density at radius 3 is 1.71 bits per heavy atom. The highest BCUT2D eigenvalue weighted by Crippen LogP contribution is 2.33. The highest BCUT2D eigenvalue weighted by molar-refractivity contribution is 5.15. The molecular weight excluding hydrogens is 448 g/mol. The van der Waals surface area contributed by atoms with E-state index in [2.05, 4.69) is 60.3 Å². The molecule has 0 aliphatic carbocycles. The maximum Gasteiger partial charge on any atom is 0.114 e. The van der Waals surface area contributed by atoms with E-state index in [1.807, 2.05) is 6.92 Å². The molecule has 0 saturated carbocycles. The minimum absolute atomic E-state index is 0. The summed E-state index contributed by atoms with van der Waals surface area (Å²) in [6.45, 7) is 21.2. The van der Waals surface area contributed by atoms with E-state index in [0.29, 0.717) is 0 Å². The summed E-state index contributed by atoms with van der Waals surface area (Å²) in [7, 11) is 4.91. The molecule has 0 spiro atoms. The van der Waals surface area contributed by atoms with Crippen molar-refractivity contribution in [2.24, 2.45) is 0 Å². The minimum Gasteiger partial charge on any atom is -1.00 e. The van der Waals surface area contributed by atoms with Crippen LogP contribution in [0.25, 0.3) is 0 Å². The highest BCUT2D eigenvalue weighted by Gasteiger charge is 2.44. The zero-order chi connectivity index (χ0) is 22.8. The van der Waals surface area contributed by atoms with Crippen molar-refractivity contribution in [2.45, 2.75) is 122 Å². The van der Waals surface area contributed by atoms with Crippen LogP contribution in [0, 0.1) is 0 Å². The van der Waals surface area contributed by atoms with Gasteiger partial charge in [0.2, 0.25) is 0 Å². The normalized spacial score (nSPS) is 18.3. The number of piperidine rings is 1. The van der Waals surface area contributed by atoms with Crippen LogP contribution in [0.5, 0.6) is 0 Å². The van der Waals surface area contributed by atoms with Crippen molar-refractivity contribution < 1.29 is 26.2 Å². The van der Waals surface area contributed by atoms with E-state index in [9.17, 15) is 0 Å². The van der Waals surface area contributed by atoms with Crippen molar-refractivity contribution in [1.29, 1.82) is 0 Å². The number of rotatable bonds is 15. The molecule has 0 unspecified atom stereocenters. The summed E-state index contributed by atoms with van der Waals surface area (Å²) < 4.78 is 6.75. The van der Waals surface area contributed by atoms with E-state index in [0.717, 1.165) is 30.4 Å². The van der Waals surface area contributed by atoms with Crippen LogP contribution in [0.15, 0.2) is 24.5 Å². The summed E-state index contributed by atoms with van der Waals surface area (Å²) in [6.07, 6.45) is 14.5. The Kier molecular flexibility index (Phi) is 13.9. The van der Waals surface area contributed by atoms with Crippen LogP contribution in [-0.4, -0.2) is 48.8 Å². The van der Waals surface area contributed by atoms with Gasteiger partial charge in [-0.2, -0.15) is 0 Å². The number of hydrogen-bond donors (Lipinski definition) is 1. The second-order valence-electron chi connectivity index (χ2n) is 11.7. The van der Waals surface area contributed by atoms with Gasteiger partial charge < -0.3 is 31.5 Å². The van der Waals surface area contributed by atoms with Crippen LogP contribution in [0.3, 0.4) is 0 Å². The first kappa shape index (κ1) is 30.7. The van der Waals surface area contributed by atoms with Crippen molar-refractivity contribution >= 4 is 0 Å². The predicted octanol–water partition coefficient (Wildman–Crippen LogP) is 3.99. The molecule has 1 aliphatic rings. The highest BCUT2D eigenvalue weighted by atomic mass is 79.9. The standard InChI is InChI=1S/C27H53N2O.BrH/c1-23(2)24(3)30-20-18-16-14-12-10-11-13-15-17-19-29(8,9)25-21-26(4,5)28-27(6,7)22-25;/h25,28H,1,3,10-22H2,2,4-9H3;1H/q+1;/p-1. The summed E-state index contributed by atoms with van der Waals surface area (Å²) in [5.41, 5.74) is 1.42. The van der Waals surface area contributed by atoms with Crippen LogP contribution >= 0.6 is 0 Å². The van der Waals surface area contributed by atoms with Crippen LogP contribution in [0.4, 0.5) is 0 Å². The molecule has 1 N–H and O–H groups in total. The molecule has 184 valence electrons. The second kappa shape index (κ2) is 14.1. The molecule has 0 bridgehead atoms.